The lowest BCUT2D eigenvalue weighted by molar-refractivity contribution is -0.0660. The Balaban J connectivity index is 1.11. The molecule has 0 atom stereocenters. The zero-order valence-electron chi connectivity index (χ0n) is 28.9. The molecule has 0 spiro atoms. The van der Waals surface area contributed by atoms with Gasteiger partial charge in [-0.1, -0.05) is 20.4 Å². The van der Waals surface area contributed by atoms with E-state index in [1.807, 2.05) is 31.3 Å². The Kier molecular flexibility index (Phi) is 8.80. The van der Waals surface area contributed by atoms with Crippen molar-refractivity contribution < 1.29 is 14.6 Å². The number of aliphatic imine (C=N–C) groups is 1. The second-order valence-corrected chi connectivity index (χ2v) is 14.3. The van der Waals surface area contributed by atoms with E-state index in [1.54, 1.807) is 24.2 Å². The number of aryl methyl sites for hydroxylation is 1. The zero-order chi connectivity index (χ0) is 34.4. The number of nitrogens with one attached hydrogen (secondary N) is 1. The van der Waals surface area contributed by atoms with Crippen LogP contribution in [0.4, 0.5) is 17.2 Å². The lowest BCUT2D eigenvalue weighted by Crippen LogP contribution is -2.56. The van der Waals surface area contributed by atoms with E-state index >= 15 is 0 Å². The summed E-state index contributed by atoms with van der Waals surface area (Å²) < 4.78 is 9.01. The number of ether oxygens (including phenoxy) is 1. The number of anilines is 3. The fourth-order valence-electron chi connectivity index (χ4n) is 7.61. The predicted octanol–water partition coefficient (Wildman–Crippen LogP) is 3.43. The molecule has 258 valence electrons. The molecule has 49 heavy (non-hydrogen) atoms. The maximum Gasteiger partial charge on any atom is 0.276 e. The first-order valence-corrected chi connectivity index (χ1v) is 17.1. The summed E-state index contributed by atoms with van der Waals surface area (Å²) in [5.74, 6) is 0.763. The van der Waals surface area contributed by atoms with Crippen molar-refractivity contribution in [2.24, 2.45) is 17.5 Å². The number of aliphatic hydroxyl groups is 1. The molecule has 1 aliphatic carbocycles. The molecule has 0 saturated carbocycles. The van der Waals surface area contributed by atoms with Crippen LogP contribution >= 0.6 is 0 Å². The van der Waals surface area contributed by atoms with Crippen molar-refractivity contribution in [1.29, 1.82) is 0 Å². The van der Waals surface area contributed by atoms with Crippen molar-refractivity contribution >= 4 is 34.5 Å². The number of nitrogens with zero attached hydrogens (tertiary/aromatic N) is 7. The third-order valence-electron chi connectivity index (χ3n) is 10.4. The lowest BCUT2D eigenvalue weighted by atomic mass is 9.90. The summed E-state index contributed by atoms with van der Waals surface area (Å²) in [5.41, 5.74) is 6.38. The van der Waals surface area contributed by atoms with Crippen LogP contribution in [0, 0.1) is 5.41 Å². The van der Waals surface area contributed by atoms with Crippen LogP contribution in [-0.2, 0) is 31.2 Å². The maximum absolute atomic E-state index is 13.9. The molecule has 3 aromatic heterocycles. The van der Waals surface area contributed by atoms with Gasteiger partial charge in [0.05, 0.1) is 37.7 Å². The molecule has 0 aromatic carbocycles. The Morgan fingerprint density at radius 3 is 2.55 bits per heavy atom. The van der Waals surface area contributed by atoms with Crippen LogP contribution in [0.2, 0.25) is 0 Å². The van der Waals surface area contributed by atoms with Crippen molar-refractivity contribution in [3.63, 3.8) is 0 Å². The van der Waals surface area contributed by atoms with Gasteiger partial charge in [0.15, 0.2) is 0 Å². The number of fused-ring (bicyclic) bond motifs is 3. The Morgan fingerprint density at radius 2 is 1.90 bits per heavy atom. The number of aromatic nitrogens is 3. The van der Waals surface area contributed by atoms with Gasteiger partial charge in [-0.05, 0) is 66.1 Å². The van der Waals surface area contributed by atoms with Gasteiger partial charge in [0, 0.05) is 70.0 Å². The molecule has 3 aliphatic heterocycles. The number of allylic oxidation sites excluding steroid dienone is 1. The molecule has 4 aliphatic rings. The van der Waals surface area contributed by atoms with E-state index in [-0.39, 0.29) is 23.5 Å². The molecule has 0 bridgehead atoms. The van der Waals surface area contributed by atoms with Crippen LogP contribution in [0.5, 0.6) is 0 Å². The second-order valence-electron chi connectivity index (χ2n) is 14.3. The number of carbonyl (C=O) groups excluding carboxylic acids is 1. The topological polar surface area (TPSA) is 120 Å². The summed E-state index contributed by atoms with van der Waals surface area (Å²) in [5, 5.41) is 13.9. The molecule has 0 unspecified atom stereocenters. The van der Waals surface area contributed by atoms with Crippen molar-refractivity contribution in [3.8, 4) is 0 Å². The Bertz CT molecular complexity index is 1890. The number of amides is 1. The minimum absolute atomic E-state index is 0.148. The van der Waals surface area contributed by atoms with Gasteiger partial charge in [-0.15, -0.1) is 0 Å². The van der Waals surface area contributed by atoms with Crippen molar-refractivity contribution in [2.75, 3.05) is 62.8 Å². The van der Waals surface area contributed by atoms with Gasteiger partial charge >= 0.3 is 0 Å². The quantitative estimate of drug-likeness (QED) is 0.277. The molecule has 0 radical (unpaired) electrons. The van der Waals surface area contributed by atoms with Crippen LogP contribution in [0.3, 0.4) is 0 Å². The van der Waals surface area contributed by atoms with E-state index in [0.717, 1.165) is 57.9 Å². The van der Waals surface area contributed by atoms with Gasteiger partial charge in [-0.2, -0.15) is 0 Å². The number of amidine groups is 1. The number of hydrogen-bond acceptors (Lipinski definition) is 9. The van der Waals surface area contributed by atoms with Crippen molar-refractivity contribution in [3.05, 3.63) is 87.9 Å². The first-order valence-electron chi connectivity index (χ1n) is 17.1. The zero-order valence-corrected chi connectivity index (χ0v) is 28.9. The molecule has 1 amide bonds. The average molecular weight is 667 g/mol. The van der Waals surface area contributed by atoms with Crippen molar-refractivity contribution in [1.82, 2.24) is 23.9 Å². The first-order chi connectivity index (χ1) is 23.6. The summed E-state index contributed by atoms with van der Waals surface area (Å²) in [6.45, 7) is 16.4. The van der Waals surface area contributed by atoms with E-state index in [1.165, 1.54) is 22.0 Å². The molecule has 6 heterocycles. The van der Waals surface area contributed by atoms with Crippen molar-refractivity contribution in [2.45, 2.75) is 46.2 Å². The van der Waals surface area contributed by atoms with Crippen LogP contribution in [0.25, 0.3) is 5.57 Å². The molecule has 2 N–H and O–H groups in total. The highest BCUT2D eigenvalue weighted by Gasteiger charge is 2.38. The normalized spacial score (nSPS) is 20.1. The fraction of sp³-hybridized carbons (Fsp3) is 0.459. The summed E-state index contributed by atoms with van der Waals surface area (Å²) in [6.07, 6.45) is 6.86. The molecule has 3 aromatic rings. The van der Waals surface area contributed by atoms with Gasteiger partial charge in [-0.3, -0.25) is 19.4 Å². The van der Waals surface area contributed by atoms with E-state index < -0.39 is 0 Å². The molecule has 2 fully saturated rings. The highest BCUT2D eigenvalue weighted by Crippen LogP contribution is 2.39. The molecular formula is C37H46N8O4. The van der Waals surface area contributed by atoms with Crippen LogP contribution in [0.1, 0.15) is 48.1 Å². The van der Waals surface area contributed by atoms with E-state index in [9.17, 15) is 14.7 Å². The molecule has 7 rings (SSSR count). The maximum atomic E-state index is 13.9. The lowest BCUT2D eigenvalue weighted by Gasteiger charge is -2.43. The molecule has 2 saturated heterocycles. The van der Waals surface area contributed by atoms with Crippen LogP contribution in [-0.4, -0.2) is 99.4 Å². The highest BCUT2D eigenvalue weighted by atomic mass is 16.5. The molecule has 12 nitrogen and oxygen atoms in total. The molecule has 12 heteroatoms. The highest BCUT2D eigenvalue weighted by molar-refractivity contribution is 6.15. The Hall–Kier alpha value is -4.52. The Morgan fingerprint density at radius 1 is 1.12 bits per heavy atom. The summed E-state index contributed by atoms with van der Waals surface area (Å²) in [7, 11) is 1.69. The summed E-state index contributed by atoms with van der Waals surface area (Å²) in [4.78, 5) is 42.8. The number of aliphatic hydroxyl groups excluding tert-OH is 1. The van der Waals surface area contributed by atoms with Gasteiger partial charge in [0.1, 0.15) is 23.0 Å². The van der Waals surface area contributed by atoms with Gasteiger partial charge in [0.2, 0.25) is 0 Å². The minimum atomic E-state index is -0.356. The fourth-order valence-corrected chi connectivity index (χ4v) is 7.61. The van der Waals surface area contributed by atoms with E-state index in [4.69, 9.17) is 4.74 Å². The van der Waals surface area contributed by atoms with Gasteiger partial charge < -0.3 is 29.2 Å². The minimum Gasteiger partial charge on any atom is -0.392 e. The number of rotatable bonds is 8. The van der Waals surface area contributed by atoms with E-state index in [2.05, 4.69) is 50.1 Å². The monoisotopic (exact) mass is 666 g/mol. The summed E-state index contributed by atoms with van der Waals surface area (Å²) >= 11 is 0. The largest absolute Gasteiger partial charge is 0.392 e. The number of pyridine rings is 2. The van der Waals surface area contributed by atoms with Gasteiger partial charge in [0.25, 0.3) is 11.5 Å². The summed E-state index contributed by atoms with van der Waals surface area (Å²) in [6, 6.07) is 8.25. The Labute approximate surface area is 287 Å². The van der Waals surface area contributed by atoms with Gasteiger partial charge in [-0.25, -0.2) is 9.98 Å². The number of carbonyl (C=O) groups is 1. The standard InChI is InChI=1S/C37H46N8O4/c1-6-38-34(45-14-13-44-31(36(45)48)16-25-17-37(3,4)18-32(25)44)29(21-46)24(2)26-15-30(35(47)41(5)20-26)40-33-8-7-27(19-39-33)42-9-11-43(12-10-42)28-22-49-23-28/h6-8,15-16,19-20,28,46H,1,9-14,17-18,21-23H2,2-5H3,(H,39,40)/b29-24+,38-34?. The van der Waals surface area contributed by atoms with E-state index in [0.29, 0.717) is 58.9 Å². The average Bonchev–Trinajstić information content (AvgIpc) is 3.55. The third kappa shape index (κ3) is 6.24. The molecular weight excluding hydrogens is 620 g/mol. The second kappa shape index (κ2) is 13.1. The SMILES string of the molecule is C=CN=C(/C(CO)=C(\C)c1cc(Nc2ccc(N3CCN(C4COC4)CC3)cn2)c(=O)n(C)c1)N1CCn2c(cc3c2CC(C)(C)C3)C1=O. The number of piperazine rings is 1. The smallest absolute Gasteiger partial charge is 0.276 e. The van der Waals surface area contributed by atoms with Crippen LogP contribution < -0.4 is 15.8 Å². The first kappa shape index (κ1) is 33.0. The number of hydrogen-bond donors (Lipinski definition) is 2. The van der Waals surface area contributed by atoms with Crippen LogP contribution in [0.15, 0.2) is 64.8 Å². The predicted molar refractivity (Wildman–Crippen MR) is 192 cm³/mol. The third-order valence-corrected chi connectivity index (χ3v) is 10.4.